The van der Waals surface area contributed by atoms with Gasteiger partial charge in [-0.15, -0.1) is 0 Å². The van der Waals surface area contributed by atoms with Gasteiger partial charge in [-0.05, 0) is 24.5 Å². The normalized spacial score (nSPS) is 19.1. The minimum Gasteiger partial charge on any atom is -0.370 e. The van der Waals surface area contributed by atoms with Gasteiger partial charge in [-0.3, -0.25) is 0 Å². The highest BCUT2D eigenvalue weighted by Gasteiger charge is 2.31. The van der Waals surface area contributed by atoms with E-state index in [1.54, 1.807) is 6.20 Å². The summed E-state index contributed by atoms with van der Waals surface area (Å²) in [7, 11) is -1.06. The second kappa shape index (κ2) is 7.17. The molecule has 0 aliphatic carbocycles. The summed E-state index contributed by atoms with van der Waals surface area (Å²) in [6.45, 7) is 0.780. The lowest BCUT2D eigenvalue weighted by Crippen LogP contribution is -2.34. The molecule has 1 atom stereocenters. The SMILES string of the molecule is CN(c1nccc(NCCc2ccccc2)n1)C1CCS(=O)(=O)C1. The van der Waals surface area contributed by atoms with Crippen molar-refractivity contribution in [3.05, 3.63) is 48.2 Å². The molecule has 1 saturated heterocycles. The van der Waals surface area contributed by atoms with E-state index in [4.69, 9.17) is 0 Å². The highest BCUT2D eigenvalue weighted by Crippen LogP contribution is 2.20. The highest BCUT2D eigenvalue weighted by atomic mass is 32.2. The third kappa shape index (κ3) is 4.23. The predicted molar refractivity (Wildman–Crippen MR) is 96.1 cm³/mol. The second-order valence-electron chi connectivity index (χ2n) is 6.07. The summed E-state index contributed by atoms with van der Waals surface area (Å²) >= 11 is 0. The van der Waals surface area contributed by atoms with Crippen molar-refractivity contribution in [1.29, 1.82) is 0 Å². The van der Waals surface area contributed by atoms with Gasteiger partial charge in [0.25, 0.3) is 0 Å². The third-order valence-electron chi connectivity index (χ3n) is 4.28. The van der Waals surface area contributed by atoms with Crippen molar-refractivity contribution in [2.45, 2.75) is 18.9 Å². The Hall–Kier alpha value is -2.15. The van der Waals surface area contributed by atoms with E-state index in [9.17, 15) is 8.42 Å². The maximum atomic E-state index is 11.6. The smallest absolute Gasteiger partial charge is 0.227 e. The number of nitrogens with one attached hydrogen (secondary N) is 1. The second-order valence-corrected chi connectivity index (χ2v) is 8.30. The topological polar surface area (TPSA) is 75.2 Å². The van der Waals surface area contributed by atoms with Crippen molar-refractivity contribution < 1.29 is 8.42 Å². The molecule has 1 aliphatic rings. The summed E-state index contributed by atoms with van der Waals surface area (Å²) in [4.78, 5) is 10.7. The maximum Gasteiger partial charge on any atom is 0.227 e. The van der Waals surface area contributed by atoms with Gasteiger partial charge in [0.1, 0.15) is 5.82 Å². The fraction of sp³-hybridized carbons (Fsp3) is 0.412. The van der Waals surface area contributed by atoms with Gasteiger partial charge in [0.15, 0.2) is 9.84 Å². The van der Waals surface area contributed by atoms with E-state index >= 15 is 0 Å². The maximum absolute atomic E-state index is 11.6. The van der Waals surface area contributed by atoms with E-state index in [1.165, 1.54) is 5.56 Å². The number of anilines is 2. The number of nitrogens with zero attached hydrogens (tertiary/aromatic N) is 3. The highest BCUT2D eigenvalue weighted by molar-refractivity contribution is 7.91. The molecule has 2 aromatic rings. The number of benzene rings is 1. The minimum absolute atomic E-state index is 0.0467. The molecule has 0 saturated carbocycles. The van der Waals surface area contributed by atoms with Crippen molar-refractivity contribution in [3.63, 3.8) is 0 Å². The van der Waals surface area contributed by atoms with Gasteiger partial charge >= 0.3 is 0 Å². The molecule has 6 nitrogen and oxygen atoms in total. The molecule has 0 spiro atoms. The molecule has 1 N–H and O–H groups in total. The Labute approximate surface area is 142 Å². The first-order valence-corrected chi connectivity index (χ1v) is 9.90. The molecular weight excluding hydrogens is 324 g/mol. The van der Waals surface area contributed by atoms with Crippen LogP contribution in [0.3, 0.4) is 0 Å². The molecule has 1 aliphatic heterocycles. The van der Waals surface area contributed by atoms with E-state index in [2.05, 4.69) is 27.4 Å². The van der Waals surface area contributed by atoms with Crippen LogP contribution in [0.4, 0.5) is 11.8 Å². The van der Waals surface area contributed by atoms with E-state index < -0.39 is 9.84 Å². The number of sulfone groups is 1. The number of hydrogen-bond acceptors (Lipinski definition) is 6. The molecule has 1 aromatic carbocycles. The van der Waals surface area contributed by atoms with Gasteiger partial charge in [-0.2, -0.15) is 4.98 Å². The first-order valence-electron chi connectivity index (χ1n) is 8.08. The summed E-state index contributed by atoms with van der Waals surface area (Å²) in [5.74, 6) is 1.74. The van der Waals surface area contributed by atoms with Crippen LogP contribution < -0.4 is 10.2 Å². The Morgan fingerprint density at radius 3 is 2.75 bits per heavy atom. The van der Waals surface area contributed by atoms with Crippen LogP contribution in [0, 0.1) is 0 Å². The lowest BCUT2D eigenvalue weighted by molar-refractivity contribution is 0.600. The van der Waals surface area contributed by atoms with Crippen molar-refractivity contribution in [2.24, 2.45) is 0 Å². The monoisotopic (exact) mass is 346 g/mol. The lowest BCUT2D eigenvalue weighted by atomic mass is 10.1. The summed E-state index contributed by atoms with van der Waals surface area (Å²) in [6, 6.07) is 12.0. The first-order chi connectivity index (χ1) is 11.5. The predicted octanol–water partition coefficient (Wildman–Crippen LogP) is 1.75. The van der Waals surface area contributed by atoms with Crippen LogP contribution in [0.2, 0.25) is 0 Å². The molecular formula is C17H22N4O2S. The van der Waals surface area contributed by atoms with Gasteiger partial charge in [0.2, 0.25) is 5.95 Å². The first kappa shape index (κ1) is 16.7. The fourth-order valence-corrected chi connectivity index (χ4v) is 4.61. The molecule has 1 aromatic heterocycles. The molecule has 24 heavy (non-hydrogen) atoms. The molecule has 1 unspecified atom stereocenters. The van der Waals surface area contributed by atoms with Gasteiger partial charge in [-0.25, -0.2) is 13.4 Å². The van der Waals surface area contributed by atoms with Crippen molar-refractivity contribution >= 4 is 21.6 Å². The van der Waals surface area contributed by atoms with Crippen LogP contribution in [-0.2, 0) is 16.3 Å². The fourth-order valence-electron chi connectivity index (χ4n) is 2.84. The van der Waals surface area contributed by atoms with Crippen LogP contribution in [0.15, 0.2) is 42.6 Å². The average Bonchev–Trinajstić information content (AvgIpc) is 2.95. The zero-order chi connectivity index (χ0) is 17.0. The van der Waals surface area contributed by atoms with Crippen LogP contribution in [0.25, 0.3) is 0 Å². The van der Waals surface area contributed by atoms with Crippen LogP contribution >= 0.6 is 0 Å². The van der Waals surface area contributed by atoms with Crippen LogP contribution in [0.5, 0.6) is 0 Å². The van der Waals surface area contributed by atoms with Crippen LogP contribution in [-0.4, -0.2) is 49.5 Å². The molecule has 128 valence electrons. The quantitative estimate of drug-likeness (QED) is 0.859. The Morgan fingerprint density at radius 2 is 2.04 bits per heavy atom. The van der Waals surface area contributed by atoms with E-state index in [0.29, 0.717) is 12.4 Å². The van der Waals surface area contributed by atoms with Crippen molar-refractivity contribution in [3.8, 4) is 0 Å². The molecule has 0 radical (unpaired) electrons. The molecule has 1 fully saturated rings. The van der Waals surface area contributed by atoms with Gasteiger partial charge in [0, 0.05) is 25.8 Å². The van der Waals surface area contributed by atoms with Crippen LogP contribution in [0.1, 0.15) is 12.0 Å². The third-order valence-corrected chi connectivity index (χ3v) is 6.03. The lowest BCUT2D eigenvalue weighted by Gasteiger charge is -2.23. The summed E-state index contributed by atoms with van der Waals surface area (Å²) in [6.07, 6.45) is 3.25. The molecule has 7 heteroatoms. The van der Waals surface area contributed by atoms with Gasteiger partial charge in [-0.1, -0.05) is 30.3 Å². The summed E-state index contributed by atoms with van der Waals surface area (Å²) in [5.41, 5.74) is 1.27. The largest absolute Gasteiger partial charge is 0.370 e. The van der Waals surface area contributed by atoms with E-state index in [-0.39, 0.29) is 17.5 Å². The minimum atomic E-state index is -2.92. The van der Waals surface area contributed by atoms with E-state index in [1.807, 2.05) is 36.2 Å². The molecule has 3 rings (SSSR count). The standard InChI is InChI=1S/C17H22N4O2S/c1-21(15-9-12-24(22,23)13-15)17-19-11-8-16(20-17)18-10-7-14-5-3-2-4-6-14/h2-6,8,11,15H,7,9-10,12-13H2,1H3,(H,18,19,20). The summed E-state index contributed by atoms with van der Waals surface area (Å²) in [5, 5.41) is 3.30. The molecule has 0 amide bonds. The van der Waals surface area contributed by atoms with Gasteiger partial charge in [0.05, 0.1) is 11.5 Å². The Morgan fingerprint density at radius 1 is 1.25 bits per heavy atom. The molecule has 0 bridgehead atoms. The molecule has 2 heterocycles. The zero-order valence-electron chi connectivity index (χ0n) is 13.7. The summed E-state index contributed by atoms with van der Waals surface area (Å²) < 4.78 is 23.3. The van der Waals surface area contributed by atoms with Crippen molar-refractivity contribution in [1.82, 2.24) is 9.97 Å². The zero-order valence-corrected chi connectivity index (χ0v) is 14.5. The Balaban J connectivity index is 1.59. The Bertz CT molecular complexity index is 780. The number of aromatic nitrogens is 2. The number of rotatable bonds is 6. The number of hydrogen-bond donors (Lipinski definition) is 1. The Kier molecular flexibility index (Phi) is 4.99. The van der Waals surface area contributed by atoms with E-state index in [0.717, 1.165) is 18.8 Å². The van der Waals surface area contributed by atoms with Gasteiger partial charge < -0.3 is 10.2 Å². The van der Waals surface area contributed by atoms with Crippen molar-refractivity contribution in [2.75, 3.05) is 35.3 Å². The average molecular weight is 346 g/mol.